The van der Waals surface area contributed by atoms with Crippen LogP contribution in [0.25, 0.3) is 0 Å². The molecule has 0 saturated heterocycles. The van der Waals surface area contributed by atoms with Crippen LogP contribution in [0.3, 0.4) is 0 Å². The minimum atomic E-state index is -0.604. The van der Waals surface area contributed by atoms with E-state index in [0.717, 1.165) is 18.4 Å². The Morgan fingerprint density at radius 1 is 1.50 bits per heavy atom. The second-order valence-electron chi connectivity index (χ2n) is 6.11. The summed E-state index contributed by atoms with van der Waals surface area (Å²) in [5.41, 5.74) is 7.56. The van der Waals surface area contributed by atoms with Crippen molar-refractivity contribution in [1.82, 2.24) is 4.90 Å². The first-order chi connectivity index (χ1) is 9.35. The quantitative estimate of drug-likeness (QED) is 0.867. The van der Waals surface area contributed by atoms with Crippen LogP contribution >= 0.6 is 12.2 Å². The van der Waals surface area contributed by atoms with Gasteiger partial charge in [0.25, 0.3) is 0 Å². The average molecular weight is 290 g/mol. The lowest BCUT2D eigenvalue weighted by molar-refractivity contribution is -0.143. The summed E-state index contributed by atoms with van der Waals surface area (Å²) in [6, 6.07) is 8.20. The van der Waals surface area contributed by atoms with E-state index >= 15 is 0 Å². The third-order valence-corrected chi connectivity index (χ3v) is 4.51. The smallest absolute Gasteiger partial charge is 0.235 e. The van der Waals surface area contributed by atoms with Gasteiger partial charge in [-0.25, -0.2) is 0 Å². The van der Waals surface area contributed by atoms with Gasteiger partial charge in [-0.3, -0.25) is 4.79 Å². The van der Waals surface area contributed by atoms with E-state index in [1.54, 1.807) is 4.90 Å². The van der Waals surface area contributed by atoms with Crippen molar-refractivity contribution in [3.63, 3.8) is 0 Å². The zero-order chi connectivity index (χ0) is 14.9. The molecule has 1 aliphatic rings. The van der Waals surface area contributed by atoms with Gasteiger partial charge in [0.15, 0.2) is 0 Å². The van der Waals surface area contributed by atoms with Gasteiger partial charge in [0.05, 0.1) is 10.4 Å². The van der Waals surface area contributed by atoms with Gasteiger partial charge in [-0.05, 0) is 31.2 Å². The third kappa shape index (κ3) is 2.70. The highest BCUT2D eigenvalue weighted by atomic mass is 32.1. The van der Waals surface area contributed by atoms with E-state index in [2.05, 4.69) is 26.0 Å². The van der Waals surface area contributed by atoms with Crippen molar-refractivity contribution < 1.29 is 4.79 Å². The lowest BCUT2D eigenvalue weighted by atomic mass is 9.61. The van der Waals surface area contributed by atoms with Crippen LogP contribution in [0.15, 0.2) is 24.3 Å². The summed E-state index contributed by atoms with van der Waals surface area (Å²) in [5.74, 6) is 0.581. The molecule has 0 atom stereocenters. The zero-order valence-corrected chi connectivity index (χ0v) is 13.2. The fraction of sp³-hybridized carbons (Fsp3) is 0.500. The van der Waals surface area contributed by atoms with Gasteiger partial charge in [0.1, 0.15) is 0 Å². The van der Waals surface area contributed by atoms with Crippen LogP contribution in [0.1, 0.15) is 30.9 Å². The number of carbonyl (C=O) groups is 1. The van der Waals surface area contributed by atoms with E-state index in [4.69, 9.17) is 18.0 Å². The Labute approximate surface area is 126 Å². The minimum Gasteiger partial charge on any atom is -0.392 e. The molecule has 2 N–H and O–H groups in total. The largest absolute Gasteiger partial charge is 0.392 e. The van der Waals surface area contributed by atoms with Crippen molar-refractivity contribution in [2.45, 2.75) is 33.2 Å². The lowest BCUT2D eigenvalue weighted by Crippen LogP contribution is -2.56. The zero-order valence-electron chi connectivity index (χ0n) is 12.3. The Balaban J connectivity index is 2.10. The van der Waals surface area contributed by atoms with Crippen LogP contribution in [-0.2, 0) is 11.3 Å². The van der Waals surface area contributed by atoms with Gasteiger partial charge in [0, 0.05) is 13.6 Å². The molecule has 0 bridgehead atoms. The van der Waals surface area contributed by atoms with Crippen LogP contribution in [0.2, 0.25) is 0 Å². The molecule has 1 fully saturated rings. The summed E-state index contributed by atoms with van der Waals surface area (Å²) in [6.45, 7) is 4.78. The van der Waals surface area contributed by atoms with E-state index in [1.165, 1.54) is 5.56 Å². The number of nitrogens with two attached hydrogens (primary N) is 1. The van der Waals surface area contributed by atoms with Crippen molar-refractivity contribution in [1.29, 1.82) is 0 Å². The molecule has 0 unspecified atom stereocenters. The summed E-state index contributed by atoms with van der Waals surface area (Å²) in [5, 5.41) is 0. The monoisotopic (exact) mass is 290 g/mol. The SMILES string of the molecule is Cc1cccc(CN(C)C(=O)C2(C(N)=S)CC(C)C2)c1. The third-order valence-electron chi connectivity index (χ3n) is 4.12. The van der Waals surface area contributed by atoms with Crippen LogP contribution in [0, 0.1) is 18.3 Å². The minimum absolute atomic E-state index is 0.0598. The molecule has 0 radical (unpaired) electrons. The first kappa shape index (κ1) is 15.0. The van der Waals surface area contributed by atoms with Crippen LogP contribution in [-0.4, -0.2) is 22.8 Å². The van der Waals surface area contributed by atoms with Crippen molar-refractivity contribution in [2.75, 3.05) is 7.05 Å². The number of hydrogen-bond donors (Lipinski definition) is 1. The van der Waals surface area contributed by atoms with Crippen molar-refractivity contribution in [2.24, 2.45) is 17.1 Å². The molecule has 0 spiro atoms. The van der Waals surface area contributed by atoms with E-state index < -0.39 is 5.41 Å². The number of rotatable bonds is 4. The predicted molar refractivity (Wildman–Crippen MR) is 85.3 cm³/mol. The molecular weight excluding hydrogens is 268 g/mol. The topological polar surface area (TPSA) is 46.3 Å². The highest BCUT2D eigenvalue weighted by Gasteiger charge is 2.51. The predicted octanol–water partition coefficient (Wildman–Crippen LogP) is 2.66. The Morgan fingerprint density at radius 2 is 2.15 bits per heavy atom. The van der Waals surface area contributed by atoms with Gasteiger partial charge in [-0.1, -0.05) is 49.0 Å². The Hall–Kier alpha value is -1.42. The van der Waals surface area contributed by atoms with Gasteiger partial charge < -0.3 is 10.6 Å². The highest BCUT2D eigenvalue weighted by Crippen LogP contribution is 2.47. The number of nitrogens with zero attached hydrogens (tertiary/aromatic N) is 1. The molecular formula is C16H22N2OS. The maximum atomic E-state index is 12.7. The molecule has 2 rings (SSSR count). The van der Waals surface area contributed by atoms with Gasteiger partial charge in [-0.15, -0.1) is 0 Å². The van der Waals surface area contributed by atoms with Crippen LogP contribution < -0.4 is 5.73 Å². The van der Waals surface area contributed by atoms with Gasteiger partial charge in [0.2, 0.25) is 5.91 Å². The van der Waals surface area contributed by atoms with Crippen molar-refractivity contribution in [3.05, 3.63) is 35.4 Å². The summed E-state index contributed by atoms with van der Waals surface area (Å²) in [4.78, 5) is 14.8. The second kappa shape index (κ2) is 5.52. The molecule has 0 aromatic heterocycles. The van der Waals surface area contributed by atoms with Crippen LogP contribution in [0.5, 0.6) is 0 Å². The lowest BCUT2D eigenvalue weighted by Gasteiger charge is -2.46. The van der Waals surface area contributed by atoms with Gasteiger partial charge >= 0.3 is 0 Å². The first-order valence-corrected chi connectivity index (χ1v) is 7.37. The number of benzene rings is 1. The average Bonchev–Trinajstić information content (AvgIpc) is 2.33. The standard InChI is InChI=1S/C16H22N2OS/c1-11-5-4-6-13(7-11)10-18(3)15(19)16(14(17)20)8-12(2)9-16/h4-7,12H,8-10H2,1-3H3,(H2,17,20). The molecule has 1 saturated carbocycles. The van der Waals surface area contributed by atoms with Crippen molar-refractivity contribution >= 4 is 23.1 Å². The normalized spacial score (nSPS) is 24.9. The number of aryl methyl sites for hydroxylation is 1. The fourth-order valence-electron chi connectivity index (χ4n) is 3.13. The molecule has 1 aromatic rings. The second-order valence-corrected chi connectivity index (χ2v) is 6.55. The first-order valence-electron chi connectivity index (χ1n) is 6.96. The summed E-state index contributed by atoms with van der Waals surface area (Å²) in [6.07, 6.45) is 1.55. The molecule has 4 heteroatoms. The summed E-state index contributed by atoms with van der Waals surface area (Å²) in [7, 11) is 1.83. The molecule has 1 aromatic carbocycles. The maximum Gasteiger partial charge on any atom is 0.235 e. The molecule has 20 heavy (non-hydrogen) atoms. The van der Waals surface area contributed by atoms with E-state index in [0.29, 0.717) is 17.5 Å². The molecule has 0 aliphatic heterocycles. The summed E-state index contributed by atoms with van der Waals surface area (Å²) >= 11 is 5.14. The number of thiocarbonyl (C=S) groups is 1. The highest BCUT2D eigenvalue weighted by molar-refractivity contribution is 7.80. The van der Waals surface area contributed by atoms with E-state index in [1.807, 2.05) is 19.2 Å². The number of amides is 1. The Morgan fingerprint density at radius 3 is 2.65 bits per heavy atom. The summed E-state index contributed by atoms with van der Waals surface area (Å²) < 4.78 is 0. The van der Waals surface area contributed by atoms with E-state index in [9.17, 15) is 4.79 Å². The Bertz CT molecular complexity index is 535. The molecule has 108 valence electrons. The van der Waals surface area contributed by atoms with Crippen molar-refractivity contribution in [3.8, 4) is 0 Å². The van der Waals surface area contributed by atoms with E-state index in [-0.39, 0.29) is 5.91 Å². The molecule has 1 aliphatic carbocycles. The van der Waals surface area contributed by atoms with Crippen LogP contribution in [0.4, 0.5) is 0 Å². The fourth-order valence-corrected chi connectivity index (χ4v) is 3.39. The van der Waals surface area contributed by atoms with Gasteiger partial charge in [-0.2, -0.15) is 0 Å². The molecule has 3 nitrogen and oxygen atoms in total. The molecule has 1 amide bonds. The number of carbonyl (C=O) groups excluding carboxylic acids is 1. The Kier molecular flexibility index (Phi) is 4.14. The number of hydrogen-bond acceptors (Lipinski definition) is 2. The maximum absolute atomic E-state index is 12.7. The molecule has 0 heterocycles.